The van der Waals surface area contributed by atoms with E-state index in [-0.39, 0.29) is 0 Å². The molecule has 12 heteroatoms. The molecule has 0 amide bonds. The Bertz CT molecular complexity index is 4340. The highest BCUT2D eigenvalue weighted by Gasteiger charge is 2.24. The lowest BCUT2D eigenvalue weighted by atomic mass is 10.1. The van der Waals surface area contributed by atoms with Crippen LogP contribution in [0.15, 0.2) is 121 Å². The molecule has 12 rings (SSSR count). The van der Waals surface area contributed by atoms with Gasteiger partial charge in [0.1, 0.15) is 0 Å². The highest BCUT2D eigenvalue weighted by molar-refractivity contribution is 7.33. The fraction of sp³-hybridized carbons (Fsp3) is 0.398. The van der Waals surface area contributed by atoms with Gasteiger partial charge in [0.15, 0.2) is 0 Å². The molecule has 0 radical (unpaired) electrons. The van der Waals surface area contributed by atoms with Crippen molar-refractivity contribution in [2.45, 2.75) is 215 Å². The maximum Gasteiger partial charge on any atom is 0.0481 e. The standard InChI is InChI=1S/C83H94S12/c1-8-15-21-25-32-55-48-49-84-78(55)68-42-36-62(86-68)63-38-46-72(88-63)82-59(34-27-23-17-10-3)53-76(94-82)74-51-57(30-19-12-5)80(92-74)70-44-39-66(89-70)67-40-45-71(90-67)81-58(31-20-13-6)52-75(93-81)77-54-60(35-28-24-18-11-4)83(95-77)73-47-41-65(91-73)64-37-43-69(87-64)79-56(33-26-22-16-9-2)50-61(85-79)29-14-7/h14,29,36-54H,8-13,15-28,30-35H2,1-7H3. The normalized spacial score (nSPS) is 11.9. The van der Waals surface area contributed by atoms with Crippen LogP contribution in [0.3, 0.4) is 0 Å². The van der Waals surface area contributed by atoms with Crippen molar-refractivity contribution >= 4 is 142 Å². The molecule has 498 valence electrons. The van der Waals surface area contributed by atoms with Crippen LogP contribution < -0.4 is 0 Å². The lowest BCUT2D eigenvalue weighted by Crippen LogP contribution is -1.85. The highest BCUT2D eigenvalue weighted by Crippen LogP contribution is 2.53. The van der Waals surface area contributed by atoms with Crippen LogP contribution in [0.25, 0.3) is 113 Å². The number of hydrogen-bond acceptors (Lipinski definition) is 12. The second-order valence-corrected chi connectivity index (χ2v) is 38.3. The van der Waals surface area contributed by atoms with Crippen molar-refractivity contribution in [3.05, 3.63) is 159 Å². The summed E-state index contributed by atoms with van der Waals surface area (Å²) in [4.78, 5) is 32.8. The minimum absolute atomic E-state index is 1.12. The molecule has 12 heterocycles. The van der Waals surface area contributed by atoms with Gasteiger partial charge in [-0.25, -0.2) is 0 Å². The minimum Gasteiger partial charge on any atom is -0.143 e. The van der Waals surface area contributed by atoms with Gasteiger partial charge in [-0.2, -0.15) is 0 Å². The predicted molar refractivity (Wildman–Crippen MR) is 444 cm³/mol. The topological polar surface area (TPSA) is 0 Å². The van der Waals surface area contributed by atoms with Crippen molar-refractivity contribution in [3.8, 4) is 107 Å². The van der Waals surface area contributed by atoms with Crippen molar-refractivity contribution in [1.29, 1.82) is 0 Å². The largest absolute Gasteiger partial charge is 0.143 e. The van der Waals surface area contributed by atoms with Gasteiger partial charge in [0.25, 0.3) is 0 Å². The zero-order chi connectivity index (χ0) is 65.5. The number of hydrogen-bond donors (Lipinski definition) is 0. The van der Waals surface area contributed by atoms with Gasteiger partial charge >= 0.3 is 0 Å². The molecule has 12 aromatic rings. The summed E-state index contributed by atoms with van der Waals surface area (Å²) < 4.78 is 0. The Hall–Kier alpha value is -3.86. The Morgan fingerprint density at radius 2 is 0.495 bits per heavy atom. The number of unbranched alkanes of at least 4 members (excludes halogenated alkanes) is 14. The number of allylic oxidation sites excluding steroid dienone is 1. The fourth-order valence-corrected chi connectivity index (χ4v) is 27.2. The number of aryl methyl sites for hydroxylation is 6. The van der Waals surface area contributed by atoms with Crippen molar-refractivity contribution in [2.24, 2.45) is 0 Å². The molecule has 0 N–H and O–H groups in total. The van der Waals surface area contributed by atoms with Gasteiger partial charge in [0.2, 0.25) is 0 Å². The average molecular weight is 1480 g/mol. The van der Waals surface area contributed by atoms with E-state index in [9.17, 15) is 0 Å². The lowest BCUT2D eigenvalue weighted by Gasteiger charge is -2.02. The van der Waals surface area contributed by atoms with Crippen LogP contribution in [-0.4, -0.2) is 0 Å². The van der Waals surface area contributed by atoms with Crippen LogP contribution in [0, 0.1) is 0 Å². The van der Waals surface area contributed by atoms with Crippen LogP contribution in [0.5, 0.6) is 0 Å². The first kappa shape index (κ1) is 71.0. The molecule has 0 fully saturated rings. The molecule has 95 heavy (non-hydrogen) atoms. The SMILES string of the molecule is CC=Cc1cc(CCCCCC)c(-c2ccc(-c3ccc(-c4sc(-c5cc(CCCC)c(-c6ccc(-c7ccc(-c8sc(-c9cc(CCCCCC)c(-c%10ccc(-c%11ccc(-c%12sccc%12CCCCCC)s%11)s%10)s9)cc8CCCC)s7)s6)s5)cc4CCCCCC)s3)s2)s1. The van der Waals surface area contributed by atoms with Gasteiger partial charge in [-0.15, -0.1) is 136 Å². The second-order valence-electron chi connectivity index (χ2n) is 25.6. The Labute approximate surface area is 617 Å². The Balaban J connectivity index is 0.793. The van der Waals surface area contributed by atoms with Crippen molar-refractivity contribution in [3.63, 3.8) is 0 Å². The third-order valence-corrected chi connectivity index (χ3v) is 33.5. The molecule has 0 atom stereocenters. The van der Waals surface area contributed by atoms with Gasteiger partial charge in [-0.05, 0) is 238 Å². The summed E-state index contributed by atoms with van der Waals surface area (Å²) in [7, 11) is 0. The first-order valence-electron chi connectivity index (χ1n) is 35.7. The van der Waals surface area contributed by atoms with E-state index in [0.29, 0.717) is 0 Å². The molecule has 0 aliphatic rings. The van der Waals surface area contributed by atoms with E-state index < -0.39 is 0 Å². The summed E-state index contributed by atoms with van der Waals surface area (Å²) in [5.41, 5.74) is 9.17. The molecule has 0 aromatic carbocycles. The molecular formula is C83H94S12. The van der Waals surface area contributed by atoms with Gasteiger partial charge in [0, 0.05) is 112 Å². The average Bonchev–Trinajstić information content (AvgIpc) is 1.64. The monoisotopic (exact) mass is 1470 g/mol. The number of rotatable bonds is 38. The van der Waals surface area contributed by atoms with E-state index in [0.717, 1.165) is 25.7 Å². The van der Waals surface area contributed by atoms with E-state index in [1.54, 1.807) is 0 Å². The molecule has 0 saturated heterocycles. The van der Waals surface area contributed by atoms with Crippen LogP contribution >= 0.6 is 136 Å². The zero-order valence-corrected chi connectivity index (χ0v) is 66.7. The van der Waals surface area contributed by atoms with Crippen molar-refractivity contribution < 1.29 is 0 Å². The summed E-state index contributed by atoms with van der Waals surface area (Å²) >= 11 is 24.0. The van der Waals surface area contributed by atoms with E-state index in [4.69, 9.17) is 0 Å². The molecule has 0 nitrogen and oxygen atoms in total. The molecule has 12 aromatic heterocycles. The maximum absolute atomic E-state index is 2.59. The van der Waals surface area contributed by atoms with Crippen LogP contribution in [-0.2, 0) is 38.5 Å². The summed E-state index contributed by atoms with van der Waals surface area (Å²) in [6.45, 7) is 16.1. The Morgan fingerprint density at radius 1 is 0.232 bits per heavy atom. The summed E-state index contributed by atoms with van der Waals surface area (Å²) in [5, 5.41) is 2.30. The van der Waals surface area contributed by atoms with Crippen molar-refractivity contribution in [1.82, 2.24) is 0 Å². The first-order valence-corrected chi connectivity index (χ1v) is 45.6. The molecule has 0 bridgehead atoms. The Kier molecular flexibility index (Phi) is 26.5. The minimum atomic E-state index is 1.12. The maximum atomic E-state index is 2.59. The van der Waals surface area contributed by atoms with Crippen LogP contribution in [0.2, 0.25) is 0 Å². The van der Waals surface area contributed by atoms with Crippen LogP contribution in [0.1, 0.15) is 215 Å². The molecule has 0 unspecified atom stereocenters. The first-order chi connectivity index (χ1) is 46.8. The van der Waals surface area contributed by atoms with Gasteiger partial charge < -0.3 is 0 Å². The molecule has 0 spiro atoms. The van der Waals surface area contributed by atoms with E-state index >= 15 is 0 Å². The summed E-state index contributed by atoms with van der Waals surface area (Å²) in [5.74, 6) is 0. The van der Waals surface area contributed by atoms with Crippen LogP contribution in [0.4, 0.5) is 0 Å². The smallest absolute Gasteiger partial charge is 0.0481 e. The van der Waals surface area contributed by atoms with Gasteiger partial charge in [0.05, 0.1) is 0 Å². The Morgan fingerprint density at radius 3 is 0.800 bits per heavy atom. The molecule has 0 aliphatic carbocycles. The van der Waals surface area contributed by atoms with Gasteiger partial charge in [-0.1, -0.05) is 138 Å². The van der Waals surface area contributed by atoms with Gasteiger partial charge in [-0.3, -0.25) is 0 Å². The third kappa shape index (κ3) is 17.7. The quantitative estimate of drug-likeness (QED) is 0.0338. The van der Waals surface area contributed by atoms with E-state index in [1.807, 2.05) is 136 Å². The predicted octanol–water partition coefficient (Wildman–Crippen LogP) is 33.0. The lowest BCUT2D eigenvalue weighted by molar-refractivity contribution is 0.668. The van der Waals surface area contributed by atoms with Crippen molar-refractivity contribution in [2.75, 3.05) is 0 Å². The summed E-state index contributed by atoms with van der Waals surface area (Å²) in [6.07, 6.45) is 36.8. The fourth-order valence-electron chi connectivity index (χ4n) is 12.9. The van der Waals surface area contributed by atoms with E-state index in [2.05, 4.69) is 175 Å². The molecular weight excluding hydrogens is 1380 g/mol. The highest BCUT2D eigenvalue weighted by atomic mass is 32.1. The molecule has 0 aliphatic heterocycles. The summed E-state index contributed by atoms with van der Waals surface area (Å²) in [6, 6.07) is 44.1. The third-order valence-electron chi connectivity index (χ3n) is 18.1. The molecule has 0 saturated carbocycles. The zero-order valence-electron chi connectivity index (χ0n) is 56.9. The second kappa shape index (κ2) is 35.5. The number of thiophene rings is 12. The van der Waals surface area contributed by atoms with E-state index in [1.165, 1.54) is 287 Å².